The molecule has 0 amide bonds. The average molecular weight is 142 g/mol. The van der Waals surface area contributed by atoms with Crippen molar-refractivity contribution in [1.29, 1.82) is 0 Å². The second-order valence-electron chi connectivity index (χ2n) is 2.09. The van der Waals surface area contributed by atoms with Gasteiger partial charge in [-0.1, -0.05) is 0 Å². The number of thiazole rings is 1. The van der Waals surface area contributed by atoms with E-state index in [1.807, 2.05) is 19.4 Å². The second kappa shape index (κ2) is 2.45. The van der Waals surface area contributed by atoms with Gasteiger partial charge in [-0.3, -0.25) is 0 Å². The largest absolute Gasteiger partial charge is 0.323 e. The topological polar surface area (TPSA) is 38.9 Å². The zero-order chi connectivity index (χ0) is 6.85. The van der Waals surface area contributed by atoms with Gasteiger partial charge in [0.1, 0.15) is 0 Å². The van der Waals surface area contributed by atoms with E-state index in [-0.39, 0.29) is 6.04 Å². The van der Waals surface area contributed by atoms with Crippen LogP contribution in [0.5, 0.6) is 0 Å². The highest BCUT2D eigenvalue weighted by Gasteiger charge is 2.04. The number of nitrogens with zero attached hydrogens (tertiary/aromatic N) is 1. The lowest BCUT2D eigenvalue weighted by molar-refractivity contribution is 0.825. The van der Waals surface area contributed by atoms with Crippen LogP contribution in [0, 0.1) is 6.92 Å². The first-order chi connectivity index (χ1) is 4.22. The quantitative estimate of drug-likeness (QED) is 0.645. The molecular weight excluding hydrogens is 132 g/mol. The number of rotatable bonds is 1. The number of aromatic nitrogens is 1. The van der Waals surface area contributed by atoms with E-state index in [4.69, 9.17) is 5.73 Å². The van der Waals surface area contributed by atoms with Crippen LogP contribution in [0.4, 0.5) is 0 Å². The van der Waals surface area contributed by atoms with Crippen LogP contribution in [-0.4, -0.2) is 4.98 Å². The fourth-order valence-electron chi connectivity index (χ4n) is 0.748. The minimum Gasteiger partial charge on any atom is -0.323 e. The standard InChI is InChI=1S/C6H10N2S/c1-4(7)6-5(2)8-3-9-6/h3-4H,7H2,1-2H3. The van der Waals surface area contributed by atoms with Gasteiger partial charge in [-0.05, 0) is 13.8 Å². The summed E-state index contributed by atoms with van der Waals surface area (Å²) in [6.45, 7) is 3.95. The summed E-state index contributed by atoms with van der Waals surface area (Å²) < 4.78 is 0. The van der Waals surface area contributed by atoms with Crippen molar-refractivity contribution in [3.63, 3.8) is 0 Å². The third-order valence-corrected chi connectivity index (χ3v) is 2.33. The first-order valence-electron chi connectivity index (χ1n) is 2.87. The molecule has 2 nitrogen and oxygen atoms in total. The Hall–Kier alpha value is -0.410. The first-order valence-corrected chi connectivity index (χ1v) is 3.75. The van der Waals surface area contributed by atoms with Crippen molar-refractivity contribution < 1.29 is 0 Å². The predicted molar refractivity (Wildman–Crippen MR) is 39.5 cm³/mol. The van der Waals surface area contributed by atoms with Gasteiger partial charge >= 0.3 is 0 Å². The van der Waals surface area contributed by atoms with Crippen LogP contribution in [-0.2, 0) is 0 Å². The highest BCUT2D eigenvalue weighted by atomic mass is 32.1. The van der Waals surface area contributed by atoms with Crippen LogP contribution < -0.4 is 5.73 Å². The molecule has 1 aromatic heterocycles. The molecule has 0 saturated heterocycles. The molecule has 1 rings (SSSR count). The monoisotopic (exact) mass is 142 g/mol. The zero-order valence-corrected chi connectivity index (χ0v) is 6.40. The molecule has 9 heavy (non-hydrogen) atoms. The summed E-state index contributed by atoms with van der Waals surface area (Å²) in [4.78, 5) is 5.27. The fourth-order valence-corrected chi connectivity index (χ4v) is 1.51. The summed E-state index contributed by atoms with van der Waals surface area (Å²) in [6, 6.07) is 0.137. The molecule has 0 bridgehead atoms. The molecule has 1 unspecified atom stereocenters. The molecule has 0 fully saturated rings. The summed E-state index contributed by atoms with van der Waals surface area (Å²) in [5.74, 6) is 0. The number of hydrogen-bond donors (Lipinski definition) is 1. The number of aryl methyl sites for hydroxylation is 1. The van der Waals surface area contributed by atoms with E-state index in [9.17, 15) is 0 Å². The SMILES string of the molecule is Cc1ncsc1C(C)N. The minimum atomic E-state index is 0.137. The van der Waals surface area contributed by atoms with Gasteiger partial charge in [-0.15, -0.1) is 11.3 Å². The number of hydrogen-bond acceptors (Lipinski definition) is 3. The molecule has 1 heterocycles. The molecule has 1 atom stereocenters. The summed E-state index contributed by atoms with van der Waals surface area (Å²) in [5.41, 5.74) is 8.52. The van der Waals surface area contributed by atoms with E-state index in [1.165, 1.54) is 4.88 Å². The summed E-state index contributed by atoms with van der Waals surface area (Å²) in [7, 11) is 0. The lowest BCUT2D eigenvalue weighted by Crippen LogP contribution is -2.03. The molecule has 0 radical (unpaired) electrons. The van der Waals surface area contributed by atoms with Crippen molar-refractivity contribution >= 4 is 11.3 Å². The van der Waals surface area contributed by atoms with E-state index in [2.05, 4.69) is 4.98 Å². The zero-order valence-electron chi connectivity index (χ0n) is 5.59. The van der Waals surface area contributed by atoms with Crippen LogP contribution in [0.1, 0.15) is 23.5 Å². The Balaban J connectivity index is 2.94. The maximum absolute atomic E-state index is 5.63. The Morgan fingerprint density at radius 1 is 1.78 bits per heavy atom. The fraction of sp³-hybridized carbons (Fsp3) is 0.500. The van der Waals surface area contributed by atoms with E-state index in [0.29, 0.717) is 0 Å². The summed E-state index contributed by atoms with van der Waals surface area (Å²) in [5, 5.41) is 0. The van der Waals surface area contributed by atoms with E-state index in [0.717, 1.165) is 5.69 Å². The van der Waals surface area contributed by atoms with E-state index < -0.39 is 0 Å². The molecule has 0 spiro atoms. The molecular formula is C6H10N2S. The van der Waals surface area contributed by atoms with Gasteiger partial charge < -0.3 is 5.73 Å². The Labute approximate surface area is 58.7 Å². The minimum absolute atomic E-state index is 0.137. The van der Waals surface area contributed by atoms with Gasteiger partial charge in [-0.2, -0.15) is 0 Å². The van der Waals surface area contributed by atoms with Crippen molar-refractivity contribution in [2.75, 3.05) is 0 Å². The Bertz CT molecular complexity index is 193. The molecule has 0 aliphatic rings. The van der Waals surface area contributed by atoms with Crippen molar-refractivity contribution in [1.82, 2.24) is 4.98 Å². The van der Waals surface area contributed by atoms with Crippen molar-refractivity contribution in [2.24, 2.45) is 5.73 Å². The molecule has 0 aliphatic heterocycles. The van der Waals surface area contributed by atoms with Crippen molar-refractivity contribution in [2.45, 2.75) is 19.9 Å². The van der Waals surface area contributed by atoms with Crippen LogP contribution >= 0.6 is 11.3 Å². The normalized spacial score (nSPS) is 13.7. The smallest absolute Gasteiger partial charge is 0.0798 e. The van der Waals surface area contributed by atoms with E-state index >= 15 is 0 Å². The van der Waals surface area contributed by atoms with Crippen molar-refractivity contribution in [3.8, 4) is 0 Å². The Morgan fingerprint density at radius 2 is 2.44 bits per heavy atom. The van der Waals surface area contributed by atoms with Crippen molar-refractivity contribution in [3.05, 3.63) is 16.1 Å². The maximum Gasteiger partial charge on any atom is 0.0798 e. The molecule has 3 heteroatoms. The third-order valence-electron chi connectivity index (χ3n) is 1.20. The molecule has 0 aromatic carbocycles. The highest BCUT2D eigenvalue weighted by Crippen LogP contribution is 2.18. The third kappa shape index (κ3) is 1.28. The van der Waals surface area contributed by atoms with Gasteiger partial charge in [0.2, 0.25) is 0 Å². The van der Waals surface area contributed by atoms with E-state index in [1.54, 1.807) is 11.3 Å². The molecule has 50 valence electrons. The van der Waals surface area contributed by atoms with Gasteiger partial charge in [0.25, 0.3) is 0 Å². The lowest BCUT2D eigenvalue weighted by atomic mass is 10.2. The van der Waals surface area contributed by atoms with Crippen LogP contribution in [0.15, 0.2) is 5.51 Å². The van der Waals surface area contributed by atoms with Gasteiger partial charge in [0.15, 0.2) is 0 Å². The van der Waals surface area contributed by atoms with Gasteiger partial charge in [0.05, 0.1) is 11.2 Å². The lowest BCUT2D eigenvalue weighted by Gasteiger charge is -1.99. The van der Waals surface area contributed by atoms with Gasteiger partial charge in [0, 0.05) is 10.9 Å². The van der Waals surface area contributed by atoms with Gasteiger partial charge in [-0.25, -0.2) is 4.98 Å². The predicted octanol–water partition coefficient (Wildman–Crippen LogP) is 1.47. The highest BCUT2D eigenvalue weighted by molar-refractivity contribution is 7.09. The molecule has 1 aromatic rings. The van der Waals surface area contributed by atoms with Crippen LogP contribution in [0.25, 0.3) is 0 Å². The second-order valence-corrected chi connectivity index (χ2v) is 2.98. The maximum atomic E-state index is 5.63. The molecule has 0 saturated carbocycles. The summed E-state index contributed by atoms with van der Waals surface area (Å²) >= 11 is 1.62. The van der Waals surface area contributed by atoms with Crippen LogP contribution in [0.3, 0.4) is 0 Å². The van der Waals surface area contributed by atoms with Crippen LogP contribution in [0.2, 0.25) is 0 Å². The molecule has 0 aliphatic carbocycles. The molecule has 2 N–H and O–H groups in total. The Morgan fingerprint density at radius 3 is 2.67 bits per heavy atom. The number of nitrogens with two attached hydrogens (primary N) is 1. The summed E-state index contributed by atoms with van der Waals surface area (Å²) in [6.07, 6.45) is 0. The Kier molecular flexibility index (Phi) is 1.83. The average Bonchev–Trinajstić information content (AvgIpc) is 2.13. The first kappa shape index (κ1) is 6.71.